The fraction of sp³-hybridized carbons (Fsp3) is 0.588. The average Bonchev–Trinajstić information content (AvgIpc) is 2.98. The molecule has 134 valence electrons. The second kappa shape index (κ2) is 8.48. The molecule has 2 unspecified atom stereocenters. The van der Waals surface area contributed by atoms with Gasteiger partial charge < -0.3 is 15.8 Å². The molecule has 0 bridgehead atoms. The number of rotatable bonds is 8. The van der Waals surface area contributed by atoms with E-state index in [2.05, 4.69) is 5.32 Å². The fourth-order valence-electron chi connectivity index (χ4n) is 2.99. The van der Waals surface area contributed by atoms with Crippen molar-refractivity contribution in [2.75, 3.05) is 19.4 Å². The molecule has 1 aromatic rings. The first-order chi connectivity index (χ1) is 11.4. The molecule has 0 aliphatic heterocycles. The van der Waals surface area contributed by atoms with E-state index in [4.69, 9.17) is 10.5 Å². The first kappa shape index (κ1) is 18.7. The van der Waals surface area contributed by atoms with Crippen molar-refractivity contribution >= 4 is 15.7 Å². The highest BCUT2D eigenvalue weighted by Crippen LogP contribution is 2.24. The summed E-state index contributed by atoms with van der Waals surface area (Å²) in [6, 6.07) is 6.50. The Hall–Kier alpha value is -1.60. The zero-order valence-electron chi connectivity index (χ0n) is 14.0. The average molecular weight is 354 g/mol. The van der Waals surface area contributed by atoms with E-state index in [1.54, 1.807) is 12.1 Å². The van der Waals surface area contributed by atoms with Crippen LogP contribution in [0, 0.1) is 5.92 Å². The Balaban J connectivity index is 1.68. The SMILES string of the molecule is CS(=O)(=O)c1ccc(OCCCC(=O)NC2CCCC2CN)cc1. The van der Waals surface area contributed by atoms with Gasteiger partial charge in [0.1, 0.15) is 5.75 Å². The predicted octanol–water partition coefficient (Wildman–Crippen LogP) is 1.49. The third-order valence-corrected chi connectivity index (χ3v) is 5.51. The first-order valence-corrected chi connectivity index (χ1v) is 10.2. The lowest BCUT2D eigenvalue weighted by Gasteiger charge is -2.19. The molecule has 0 aromatic heterocycles. The van der Waals surface area contributed by atoms with Crippen molar-refractivity contribution in [1.82, 2.24) is 5.32 Å². The molecule has 1 aliphatic rings. The third kappa shape index (κ3) is 5.49. The van der Waals surface area contributed by atoms with Crippen molar-refractivity contribution in [1.29, 1.82) is 0 Å². The Bertz CT molecular complexity index is 643. The van der Waals surface area contributed by atoms with E-state index in [1.165, 1.54) is 18.4 Å². The summed E-state index contributed by atoms with van der Waals surface area (Å²) in [4.78, 5) is 12.2. The van der Waals surface area contributed by atoms with Crippen molar-refractivity contribution < 1.29 is 17.9 Å². The van der Waals surface area contributed by atoms with Crippen LogP contribution in [0.2, 0.25) is 0 Å². The van der Waals surface area contributed by atoms with E-state index in [0.29, 0.717) is 37.7 Å². The molecule has 0 heterocycles. The number of nitrogens with one attached hydrogen (secondary N) is 1. The predicted molar refractivity (Wildman–Crippen MR) is 92.6 cm³/mol. The van der Waals surface area contributed by atoms with Gasteiger partial charge in [-0.15, -0.1) is 0 Å². The molecule has 1 aliphatic carbocycles. The van der Waals surface area contributed by atoms with E-state index < -0.39 is 9.84 Å². The maximum atomic E-state index is 12.0. The zero-order chi connectivity index (χ0) is 17.6. The number of sulfone groups is 1. The van der Waals surface area contributed by atoms with Crippen molar-refractivity contribution in [2.45, 2.75) is 43.0 Å². The summed E-state index contributed by atoms with van der Waals surface area (Å²) in [5.74, 6) is 1.04. The van der Waals surface area contributed by atoms with Crippen LogP contribution in [0.5, 0.6) is 5.75 Å². The minimum Gasteiger partial charge on any atom is -0.494 e. The molecule has 2 atom stereocenters. The van der Waals surface area contributed by atoms with E-state index in [0.717, 1.165) is 19.3 Å². The van der Waals surface area contributed by atoms with Crippen LogP contribution in [-0.2, 0) is 14.6 Å². The highest BCUT2D eigenvalue weighted by Gasteiger charge is 2.26. The van der Waals surface area contributed by atoms with Crippen molar-refractivity contribution in [3.8, 4) is 5.75 Å². The van der Waals surface area contributed by atoms with E-state index in [1.807, 2.05) is 0 Å². The van der Waals surface area contributed by atoms with Gasteiger partial charge in [-0.25, -0.2) is 8.42 Å². The molecule has 24 heavy (non-hydrogen) atoms. The summed E-state index contributed by atoms with van der Waals surface area (Å²) >= 11 is 0. The highest BCUT2D eigenvalue weighted by molar-refractivity contribution is 7.90. The van der Waals surface area contributed by atoms with E-state index in [9.17, 15) is 13.2 Å². The highest BCUT2D eigenvalue weighted by atomic mass is 32.2. The minimum atomic E-state index is -3.19. The molecule has 1 amide bonds. The van der Waals surface area contributed by atoms with Gasteiger partial charge in [-0.1, -0.05) is 6.42 Å². The van der Waals surface area contributed by atoms with Gasteiger partial charge in [0.15, 0.2) is 9.84 Å². The Labute approximate surface area is 143 Å². The Morgan fingerprint density at radius 3 is 2.62 bits per heavy atom. The molecule has 2 rings (SSSR count). The molecule has 1 aromatic carbocycles. The monoisotopic (exact) mass is 354 g/mol. The van der Waals surface area contributed by atoms with E-state index >= 15 is 0 Å². The topological polar surface area (TPSA) is 98.5 Å². The van der Waals surface area contributed by atoms with Gasteiger partial charge in [0.05, 0.1) is 11.5 Å². The third-order valence-electron chi connectivity index (χ3n) is 4.38. The fourth-order valence-corrected chi connectivity index (χ4v) is 3.62. The summed E-state index contributed by atoms with van der Waals surface area (Å²) in [6.07, 6.45) is 5.42. The number of amides is 1. The van der Waals surface area contributed by atoms with Crippen LogP contribution < -0.4 is 15.8 Å². The Morgan fingerprint density at radius 1 is 1.29 bits per heavy atom. The summed E-state index contributed by atoms with van der Waals surface area (Å²) in [5, 5.41) is 3.06. The lowest BCUT2D eigenvalue weighted by atomic mass is 10.0. The molecule has 0 spiro atoms. The number of carbonyl (C=O) groups excluding carboxylic acids is 1. The van der Waals surface area contributed by atoms with Crippen LogP contribution in [-0.4, -0.2) is 39.8 Å². The molecule has 6 nitrogen and oxygen atoms in total. The maximum Gasteiger partial charge on any atom is 0.220 e. The Morgan fingerprint density at radius 2 is 2.00 bits per heavy atom. The normalized spacial score (nSPS) is 20.8. The van der Waals surface area contributed by atoms with Gasteiger partial charge in [0.2, 0.25) is 5.91 Å². The zero-order valence-corrected chi connectivity index (χ0v) is 14.8. The number of hydrogen-bond acceptors (Lipinski definition) is 5. The van der Waals surface area contributed by atoms with Gasteiger partial charge in [-0.05, 0) is 56.0 Å². The molecular formula is C17H26N2O4S. The minimum absolute atomic E-state index is 0.0383. The second-order valence-electron chi connectivity index (χ2n) is 6.30. The smallest absolute Gasteiger partial charge is 0.220 e. The number of nitrogens with two attached hydrogens (primary N) is 1. The lowest BCUT2D eigenvalue weighted by Crippen LogP contribution is -2.39. The van der Waals surface area contributed by atoms with Crippen LogP contribution in [0.15, 0.2) is 29.2 Å². The van der Waals surface area contributed by atoms with Crippen LogP contribution in [0.4, 0.5) is 0 Å². The van der Waals surface area contributed by atoms with Crippen molar-refractivity contribution in [3.05, 3.63) is 24.3 Å². The largest absolute Gasteiger partial charge is 0.494 e. The van der Waals surface area contributed by atoms with Crippen molar-refractivity contribution in [2.24, 2.45) is 11.7 Å². The molecule has 1 saturated carbocycles. The van der Waals surface area contributed by atoms with E-state index in [-0.39, 0.29) is 16.8 Å². The number of ether oxygens (including phenoxy) is 1. The summed E-state index contributed by atoms with van der Waals surface area (Å²) < 4.78 is 28.3. The molecule has 3 N–H and O–H groups in total. The van der Waals surface area contributed by atoms with Crippen LogP contribution in [0.25, 0.3) is 0 Å². The van der Waals surface area contributed by atoms with Crippen LogP contribution in [0.1, 0.15) is 32.1 Å². The molecular weight excluding hydrogens is 328 g/mol. The quantitative estimate of drug-likeness (QED) is 0.689. The summed E-state index contributed by atoms with van der Waals surface area (Å²) in [5.41, 5.74) is 5.71. The molecule has 0 saturated heterocycles. The van der Waals surface area contributed by atoms with Crippen LogP contribution >= 0.6 is 0 Å². The maximum absolute atomic E-state index is 12.0. The van der Waals surface area contributed by atoms with Gasteiger partial charge in [0, 0.05) is 18.7 Å². The second-order valence-corrected chi connectivity index (χ2v) is 8.31. The standard InChI is InChI=1S/C17H26N2O4S/c1-24(21,22)15-9-7-14(8-10-15)23-11-3-6-17(20)19-16-5-2-4-13(16)12-18/h7-10,13,16H,2-6,11-12,18H2,1H3,(H,19,20). The molecule has 7 heteroatoms. The summed E-state index contributed by atoms with van der Waals surface area (Å²) in [7, 11) is -3.19. The van der Waals surface area contributed by atoms with Crippen LogP contribution in [0.3, 0.4) is 0 Å². The number of benzene rings is 1. The van der Waals surface area contributed by atoms with Crippen molar-refractivity contribution in [3.63, 3.8) is 0 Å². The van der Waals surface area contributed by atoms with Gasteiger partial charge in [-0.2, -0.15) is 0 Å². The van der Waals surface area contributed by atoms with Gasteiger partial charge in [0.25, 0.3) is 0 Å². The molecule has 0 radical (unpaired) electrons. The lowest BCUT2D eigenvalue weighted by molar-refractivity contribution is -0.122. The first-order valence-electron chi connectivity index (χ1n) is 8.32. The van der Waals surface area contributed by atoms with Gasteiger partial charge in [-0.3, -0.25) is 4.79 Å². The number of hydrogen-bond donors (Lipinski definition) is 2. The summed E-state index contributed by atoms with van der Waals surface area (Å²) in [6.45, 7) is 1.04. The van der Waals surface area contributed by atoms with Gasteiger partial charge >= 0.3 is 0 Å². The Kier molecular flexibility index (Phi) is 6.62. The number of carbonyl (C=O) groups is 1. The molecule has 1 fully saturated rings.